The maximum Gasteiger partial charge on any atom is 0.245 e. The highest BCUT2D eigenvalue weighted by Gasteiger charge is 2.78. The van der Waals surface area contributed by atoms with Crippen molar-refractivity contribution in [2.45, 2.75) is 102 Å². The van der Waals surface area contributed by atoms with Crippen LogP contribution in [-0.4, -0.2) is 71.2 Å². The first kappa shape index (κ1) is 25.9. The summed E-state index contributed by atoms with van der Waals surface area (Å²) in [5, 5.41) is 15.2. The second kappa shape index (κ2) is 11.2. The molecule has 188 valence electrons. The summed E-state index contributed by atoms with van der Waals surface area (Å²) in [6.45, 7) is 7.83. The Balaban J connectivity index is 1.90. The summed E-state index contributed by atoms with van der Waals surface area (Å²) in [6.07, 6.45) is 7.94. The fourth-order valence-corrected chi connectivity index (χ4v) is 6.27. The summed E-state index contributed by atoms with van der Waals surface area (Å²) in [7, 11) is 0. The highest BCUT2D eigenvalue weighted by Crippen LogP contribution is 2.64. The highest BCUT2D eigenvalue weighted by atomic mass is 16.5. The van der Waals surface area contributed by atoms with E-state index in [4.69, 9.17) is 9.84 Å². The van der Waals surface area contributed by atoms with Gasteiger partial charge in [-0.2, -0.15) is 0 Å². The van der Waals surface area contributed by atoms with Gasteiger partial charge in [-0.15, -0.1) is 0 Å². The van der Waals surface area contributed by atoms with Gasteiger partial charge in [-0.1, -0.05) is 33.6 Å². The van der Waals surface area contributed by atoms with Crippen molar-refractivity contribution in [2.24, 2.45) is 11.8 Å². The normalized spacial score (nSPS) is 32.3. The van der Waals surface area contributed by atoms with Gasteiger partial charge in [0, 0.05) is 26.2 Å². The number of unbranched alkanes of at least 4 members (excludes halogenated alkanes) is 4. The van der Waals surface area contributed by atoms with E-state index in [1.54, 1.807) is 4.90 Å². The molecule has 2 bridgehead atoms. The number of carbonyl (C=O) groups excluding carboxylic acids is 3. The van der Waals surface area contributed by atoms with Crippen LogP contribution in [-0.2, 0) is 19.1 Å². The molecule has 3 heterocycles. The monoisotopic (exact) mass is 465 g/mol. The van der Waals surface area contributed by atoms with Gasteiger partial charge >= 0.3 is 0 Å². The lowest BCUT2D eigenvalue weighted by Crippen LogP contribution is -2.55. The summed E-state index contributed by atoms with van der Waals surface area (Å²) in [5.74, 6) is -1.59. The zero-order chi connectivity index (χ0) is 24.1. The summed E-state index contributed by atoms with van der Waals surface area (Å²) < 4.78 is 6.70. The molecule has 0 aromatic heterocycles. The van der Waals surface area contributed by atoms with Gasteiger partial charge in [-0.3, -0.25) is 14.4 Å². The van der Waals surface area contributed by atoms with E-state index in [1.807, 2.05) is 13.8 Å². The van der Waals surface area contributed by atoms with Gasteiger partial charge in [0.05, 0.1) is 17.4 Å². The molecule has 3 aliphatic heterocycles. The molecule has 0 aromatic rings. The van der Waals surface area contributed by atoms with E-state index in [1.165, 1.54) is 0 Å². The Hall–Kier alpha value is -1.67. The predicted octanol–water partition coefficient (Wildman–Crippen LogP) is 2.14. The van der Waals surface area contributed by atoms with Crippen molar-refractivity contribution in [3.63, 3.8) is 0 Å². The molecule has 5 atom stereocenters. The van der Waals surface area contributed by atoms with Crippen LogP contribution in [0.25, 0.3) is 0 Å². The molecule has 0 aromatic carbocycles. The van der Waals surface area contributed by atoms with E-state index in [9.17, 15) is 14.4 Å². The summed E-state index contributed by atoms with van der Waals surface area (Å²) in [6, 6.07) is -0.705. The number of amides is 3. The molecule has 1 spiro atoms. The molecule has 3 amide bonds. The van der Waals surface area contributed by atoms with Crippen LogP contribution in [0.15, 0.2) is 0 Å². The topological polar surface area (TPSA) is 108 Å². The fraction of sp³-hybridized carbons (Fsp3) is 0.880. The number of aliphatic hydroxyl groups is 1. The zero-order valence-electron chi connectivity index (χ0n) is 20.7. The van der Waals surface area contributed by atoms with Crippen LogP contribution in [0.4, 0.5) is 0 Å². The molecule has 2 unspecified atom stereocenters. The van der Waals surface area contributed by atoms with Crippen molar-refractivity contribution in [3.05, 3.63) is 0 Å². The molecule has 3 N–H and O–H groups in total. The minimum Gasteiger partial charge on any atom is -0.396 e. The predicted molar refractivity (Wildman–Crippen MR) is 125 cm³/mol. The number of aliphatic hydroxyl groups excluding tert-OH is 1. The zero-order valence-corrected chi connectivity index (χ0v) is 20.7. The number of nitrogens with one attached hydrogen (secondary N) is 2. The molecule has 3 fully saturated rings. The number of hydrogen-bond acceptors (Lipinski definition) is 5. The van der Waals surface area contributed by atoms with Gasteiger partial charge in [0.15, 0.2) is 0 Å². The Labute approximate surface area is 198 Å². The SMILES string of the molecule is CCCCCNC(=O)C1N(CCCCCO)C(=O)[C@@H]2[C@H](C(=O)NCCC)[C@]3(CC)CCC12O3. The molecule has 8 heteroatoms. The van der Waals surface area contributed by atoms with E-state index in [0.29, 0.717) is 51.7 Å². The van der Waals surface area contributed by atoms with Gasteiger partial charge in [-0.05, 0) is 51.4 Å². The number of likely N-dealkylation sites (tertiary alicyclic amines) is 1. The number of hydrogen-bond donors (Lipinski definition) is 3. The second-order valence-electron chi connectivity index (χ2n) is 9.94. The van der Waals surface area contributed by atoms with Gasteiger partial charge in [0.2, 0.25) is 17.7 Å². The highest BCUT2D eigenvalue weighted by molar-refractivity contribution is 5.99. The van der Waals surface area contributed by atoms with Crippen LogP contribution in [0.3, 0.4) is 0 Å². The van der Waals surface area contributed by atoms with Crippen molar-refractivity contribution < 1.29 is 24.2 Å². The van der Waals surface area contributed by atoms with E-state index < -0.39 is 29.1 Å². The minimum atomic E-state index is -0.937. The van der Waals surface area contributed by atoms with Crippen LogP contribution < -0.4 is 10.6 Å². The number of nitrogens with zero attached hydrogens (tertiary/aromatic N) is 1. The molecule has 0 saturated carbocycles. The van der Waals surface area contributed by atoms with Crippen molar-refractivity contribution in [1.82, 2.24) is 15.5 Å². The number of ether oxygens (including phenoxy) is 1. The summed E-state index contributed by atoms with van der Waals surface area (Å²) in [5.41, 5.74) is -1.62. The third-order valence-electron chi connectivity index (χ3n) is 7.90. The second-order valence-corrected chi connectivity index (χ2v) is 9.94. The Morgan fingerprint density at radius 1 is 1.00 bits per heavy atom. The smallest absolute Gasteiger partial charge is 0.245 e. The van der Waals surface area contributed by atoms with Crippen LogP contribution in [0.2, 0.25) is 0 Å². The summed E-state index contributed by atoms with van der Waals surface area (Å²) >= 11 is 0. The summed E-state index contributed by atoms with van der Waals surface area (Å²) in [4.78, 5) is 42.3. The van der Waals surface area contributed by atoms with Crippen molar-refractivity contribution in [2.75, 3.05) is 26.2 Å². The Morgan fingerprint density at radius 2 is 1.76 bits per heavy atom. The molecule has 0 radical (unpaired) electrons. The van der Waals surface area contributed by atoms with Crippen LogP contribution in [0, 0.1) is 11.8 Å². The lowest BCUT2D eigenvalue weighted by Gasteiger charge is -2.34. The van der Waals surface area contributed by atoms with Gasteiger partial charge < -0.3 is 25.4 Å². The molecule has 3 rings (SSSR count). The number of carbonyl (C=O) groups is 3. The third-order valence-corrected chi connectivity index (χ3v) is 7.90. The number of rotatable bonds is 14. The van der Waals surface area contributed by atoms with E-state index >= 15 is 0 Å². The van der Waals surface area contributed by atoms with Crippen LogP contribution in [0.1, 0.15) is 85.0 Å². The third kappa shape index (κ3) is 4.65. The van der Waals surface area contributed by atoms with Crippen molar-refractivity contribution in [1.29, 1.82) is 0 Å². The van der Waals surface area contributed by atoms with Gasteiger partial charge in [0.1, 0.15) is 11.6 Å². The van der Waals surface area contributed by atoms with Crippen molar-refractivity contribution in [3.8, 4) is 0 Å². The standard InChI is InChI=1S/C25H43N3O5/c1-4-7-9-15-27-22(31)20-25-13-12-24(6-3,33-25)18(21(30)26-14-5-2)19(25)23(32)28(20)16-10-8-11-17-29/h18-20,29H,4-17H2,1-3H3,(H,26,30)(H,27,31)/t18-,19+,20?,24+,25?/m1/s1. The Morgan fingerprint density at radius 3 is 2.42 bits per heavy atom. The average Bonchev–Trinajstić information content (AvgIpc) is 3.41. The fourth-order valence-electron chi connectivity index (χ4n) is 6.27. The first-order chi connectivity index (χ1) is 15.9. The largest absolute Gasteiger partial charge is 0.396 e. The minimum absolute atomic E-state index is 0.115. The average molecular weight is 466 g/mol. The van der Waals surface area contributed by atoms with E-state index in [-0.39, 0.29) is 24.3 Å². The van der Waals surface area contributed by atoms with E-state index in [2.05, 4.69) is 17.6 Å². The Bertz CT molecular complexity index is 716. The molecular formula is C25H43N3O5. The Kier molecular flexibility index (Phi) is 8.78. The lowest BCUT2D eigenvalue weighted by atomic mass is 9.65. The lowest BCUT2D eigenvalue weighted by molar-refractivity contribution is -0.147. The maximum atomic E-state index is 13.8. The van der Waals surface area contributed by atoms with Gasteiger partial charge in [0.25, 0.3) is 0 Å². The van der Waals surface area contributed by atoms with Crippen LogP contribution in [0.5, 0.6) is 0 Å². The maximum absolute atomic E-state index is 13.8. The first-order valence-corrected chi connectivity index (χ1v) is 13.1. The molecule has 0 aliphatic carbocycles. The quantitative estimate of drug-likeness (QED) is 0.341. The molecule has 3 saturated heterocycles. The van der Waals surface area contributed by atoms with Crippen molar-refractivity contribution >= 4 is 17.7 Å². The van der Waals surface area contributed by atoms with Gasteiger partial charge in [-0.25, -0.2) is 0 Å². The molecule has 3 aliphatic rings. The molecular weight excluding hydrogens is 422 g/mol. The molecule has 8 nitrogen and oxygen atoms in total. The number of fused-ring (bicyclic) bond motifs is 1. The molecule has 33 heavy (non-hydrogen) atoms. The first-order valence-electron chi connectivity index (χ1n) is 13.1. The van der Waals surface area contributed by atoms with Crippen LogP contribution >= 0.6 is 0 Å². The van der Waals surface area contributed by atoms with E-state index in [0.717, 1.165) is 32.1 Å².